The third-order valence-corrected chi connectivity index (χ3v) is 3.97. The summed E-state index contributed by atoms with van der Waals surface area (Å²) in [6.07, 6.45) is 1.38. The molecular weight excluding hydrogens is 322 g/mol. The Bertz CT molecular complexity index is 674. The molecule has 9 heteroatoms. The number of aliphatic carboxylic acids is 1. The number of rotatable bonds is 5. The van der Waals surface area contributed by atoms with Crippen molar-refractivity contribution in [3.05, 3.63) is 23.8 Å². The van der Waals surface area contributed by atoms with E-state index in [1.54, 1.807) is 25.3 Å². The molecule has 1 heterocycles. The van der Waals surface area contributed by atoms with Gasteiger partial charge in [0, 0.05) is 6.42 Å². The molecule has 1 aromatic carbocycles. The number of nitrogens with zero attached hydrogens (tertiary/aromatic N) is 2. The van der Waals surface area contributed by atoms with Crippen molar-refractivity contribution in [1.29, 1.82) is 0 Å². The van der Waals surface area contributed by atoms with Gasteiger partial charge >= 0.3 is 5.97 Å². The van der Waals surface area contributed by atoms with Crippen LogP contribution in [0, 0.1) is 0 Å². The van der Waals surface area contributed by atoms with E-state index >= 15 is 0 Å². The fourth-order valence-corrected chi connectivity index (χ4v) is 2.68. The van der Waals surface area contributed by atoms with Gasteiger partial charge < -0.3 is 19.9 Å². The molecular formula is C14H15N3O5S. The van der Waals surface area contributed by atoms with Crippen molar-refractivity contribution in [3.8, 4) is 11.5 Å². The highest BCUT2D eigenvalue weighted by Gasteiger charge is 2.29. The highest BCUT2D eigenvalue weighted by atomic mass is 32.2. The van der Waals surface area contributed by atoms with E-state index in [1.165, 1.54) is 13.3 Å². The molecule has 1 aliphatic rings. The Morgan fingerprint density at radius 3 is 2.78 bits per heavy atom. The molecule has 0 aromatic heterocycles. The van der Waals surface area contributed by atoms with Crippen LogP contribution in [0.1, 0.15) is 12.0 Å². The van der Waals surface area contributed by atoms with Crippen LogP contribution in [0.2, 0.25) is 0 Å². The number of carboxylic acid groups (broad SMARTS) is 1. The van der Waals surface area contributed by atoms with Crippen molar-refractivity contribution in [3.63, 3.8) is 0 Å². The number of amides is 1. The lowest BCUT2D eigenvalue weighted by atomic mass is 10.2. The second-order valence-corrected chi connectivity index (χ2v) is 5.65. The van der Waals surface area contributed by atoms with Gasteiger partial charge in [0.2, 0.25) is 5.91 Å². The van der Waals surface area contributed by atoms with Gasteiger partial charge in [0.1, 0.15) is 5.25 Å². The van der Waals surface area contributed by atoms with Crippen LogP contribution in [-0.4, -0.2) is 47.8 Å². The van der Waals surface area contributed by atoms with Crippen LogP contribution in [0.4, 0.5) is 0 Å². The van der Waals surface area contributed by atoms with Crippen LogP contribution in [0.5, 0.6) is 11.5 Å². The normalized spacial score (nSPS) is 19.7. The smallest absolute Gasteiger partial charge is 0.317 e. The van der Waals surface area contributed by atoms with Gasteiger partial charge in [-0.25, -0.2) is 0 Å². The molecule has 122 valence electrons. The van der Waals surface area contributed by atoms with Gasteiger partial charge in [-0.3, -0.25) is 9.59 Å². The highest BCUT2D eigenvalue weighted by Crippen LogP contribution is 2.27. The van der Waals surface area contributed by atoms with E-state index in [0.29, 0.717) is 17.1 Å². The van der Waals surface area contributed by atoms with E-state index in [1.807, 2.05) is 0 Å². The van der Waals surface area contributed by atoms with E-state index in [2.05, 4.69) is 15.5 Å². The van der Waals surface area contributed by atoms with E-state index in [0.717, 1.165) is 11.8 Å². The molecule has 0 radical (unpaired) electrons. The standard InChI is InChI=1S/C14H15N3O5S/c1-21-9-4-3-8(5-10(9)22-2)7-15-17-14-16-12(18)6-11(23-14)13(19)20/h3-5,7,11H,6H2,1-2H3,(H,19,20)(H,16,17,18)/b15-7-/t11-/m0/s1. The zero-order valence-corrected chi connectivity index (χ0v) is 13.3. The van der Waals surface area contributed by atoms with Crippen molar-refractivity contribution in [2.75, 3.05) is 14.2 Å². The molecule has 0 saturated carbocycles. The molecule has 0 unspecified atom stereocenters. The second-order valence-electron chi connectivity index (χ2n) is 4.46. The lowest BCUT2D eigenvalue weighted by molar-refractivity contribution is -0.138. The molecule has 8 nitrogen and oxygen atoms in total. The Hall–Kier alpha value is -2.55. The molecule has 2 N–H and O–H groups in total. The quantitative estimate of drug-likeness (QED) is 0.615. The predicted molar refractivity (Wildman–Crippen MR) is 86.3 cm³/mol. The average Bonchev–Trinajstić information content (AvgIpc) is 2.54. The maximum atomic E-state index is 11.4. The van der Waals surface area contributed by atoms with Gasteiger partial charge in [0.25, 0.3) is 0 Å². The summed E-state index contributed by atoms with van der Waals surface area (Å²) in [6.45, 7) is 0. The zero-order chi connectivity index (χ0) is 16.8. The number of benzene rings is 1. The average molecular weight is 337 g/mol. The lowest BCUT2D eigenvalue weighted by Gasteiger charge is -2.18. The fraction of sp³-hybridized carbons (Fsp3) is 0.286. The zero-order valence-electron chi connectivity index (χ0n) is 12.5. The van der Waals surface area contributed by atoms with Gasteiger partial charge in [-0.1, -0.05) is 11.8 Å². The molecule has 1 amide bonds. The van der Waals surface area contributed by atoms with Crippen molar-refractivity contribution in [2.24, 2.45) is 10.2 Å². The number of amidine groups is 1. The van der Waals surface area contributed by atoms with Crippen LogP contribution in [0.25, 0.3) is 0 Å². The number of nitrogens with one attached hydrogen (secondary N) is 1. The first-order chi connectivity index (χ1) is 11.0. The molecule has 2 rings (SSSR count). The van der Waals surface area contributed by atoms with E-state index in [4.69, 9.17) is 14.6 Å². The van der Waals surface area contributed by atoms with Crippen molar-refractivity contribution < 1.29 is 24.2 Å². The summed E-state index contributed by atoms with van der Waals surface area (Å²) < 4.78 is 10.3. The summed E-state index contributed by atoms with van der Waals surface area (Å²) in [7, 11) is 3.07. The Balaban J connectivity index is 2.10. The summed E-state index contributed by atoms with van der Waals surface area (Å²) in [5, 5.41) is 18.5. The molecule has 1 saturated heterocycles. The van der Waals surface area contributed by atoms with E-state index < -0.39 is 17.1 Å². The maximum absolute atomic E-state index is 11.4. The Labute approximate surface area is 136 Å². The first-order valence-electron chi connectivity index (χ1n) is 6.56. The predicted octanol–water partition coefficient (Wildman–Crippen LogP) is 1.10. The van der Waals surface area contributed by atoms with Gasteiger partial charge in [0.05, 0.1) is 20.4 Å². The molecule has 1 aromatic rings. The van der Waals surface area contributed by atoms with Crippen LogP contribution in [-0.2, 0) is 9.59 Å². The largest absolute Gasteiger partial charge is 0.493 e. The fourth-order valence-electron chi connectivity index (χ4n) is 1.81. The number of thioether (sulfide) groups is 1. The third-order valence-electron chi connectivity index (χ3n) is 2.91. The Kier molecular flexibility index (Phi) is 5.58. The first-order valence-corrected chi connectivity index (χ1v) is 7.44. The van der Waals surface area contributed by atoms with Crippen molar-refractivity contribution >= 4 is 35.0 Å². The van der Waals surface area contributed by atoms with Crippen LogP contribution in [0.3, 0.4) is 0 Å². The molecule has 0 spiro atoms. The summed E-state index contributed by atoms with van der Waals surface area (Å²) in [6, 6.07) is 5.21. The maximum Gasteiger partial charge on any atom is 0.317 e. The Morgan fingerprint density at radius 2 is 2.13 bits per heavy atom. The number of carboxylic acids is 1. The lowest BCUT2D eigenvalue weighted by Crippen LogP contribution is -2.40. The summed E-state index contributed by atoms with van der Waals surface area (Å²) in [5.41, 5.74) is 0.717. The number of hydrogen-bond acceptors (Lipinski definition) is 7. The number of hydrogen-bond donors (Lipinski definition) is 2. The third kappa shape index (κ3) is 4.46. The van der Waals surface area contributed by atoms with Gasteiger partial charge in [-0.05, 0) is 23.8 Å². The number of carbonyl (C=O) groups is 2. The van der Waals surface area contributed by atoms with Gasteiger partial charge in [0.15, 0.2) is 16.7 Å². The topological polar surface area (TPSA) is 110 Å². The number of methoxy groups -OCH3 is 2. The highest BCUT2D eigenvalue weighted by molar-refractivity contribution is 8.15. The van der Waals surface area contributed by atoms with Crippen LogP contribution < -0.4 is 14.8 Å². The summed E-state index contributed by atoms with van der Waals surface area (Å²) in [5.74, 6) is -0.302. The molecule has 1 atom stereocenters. The van der Waals surface area contributed by atoms with Crippen molar-refractivity contribution in [1.82, 2.24) is 5.32 Å². The number of carbonyl (C=O) groups excluding carboxylic acids is 1. The molecule has 1 aliphatic heterocycles. The second kappa shape index (κ2) is 7.63. The van der Waals surface area contributed by atoms with E-state index in [-0.39, 0.29) is 11.6 Å². The first kappa shape index (κ1) is 16.8. The molecule has 1 fully saturated rings. The molecule has 23 heavy (non-hydrogen) atoms. The number of ether oxygens (including phenoxy) is 2. The minimum absolute atomic E-state index is 0.0849. The minimum atomic E-state index is -1.05. The minimum Gasteiger partial charge on any atom is -0.493 e. The summed E-state index contributed by atoms with van der Waals surface area (Å²) in [4.78, 5) is 22.4. The Morgan fingerprint density at radius 1 is 1.39 bits per heavy atom. The van der Waals surface area contributed by atoms with Crippen molar-refractivity contribution in [2.45, 2.75) is 11.7 Å². The van der Waals surface area contributed by atoms with E-state index in [9.17, 15) is 9.59 Å². The van der Waals surface area contributed by atoms with Gasteiger partial charge in [-0.2, -0.15) is 5.10 Å². The SMILES string of the molecule is COc1ccc(/C=N\N=C2/NC(=O)C[C@@H](C(=O)O)S2)cc1OC. The monoisotopic (exact) mass is 337 g/mol. The van der Waals surface area contributed by atoms with Crippen LogP contribution in [0.15, 0.2) is 28.4 Å². The summed E-state index contributed by atoms with van der Waals surface area (Å²) >= 11 is 0.952. The molecule has 0 aliphatic carbocycles. The van der Waals surface area contributed by atoms with Gasteiger partial charge in [-0.15, -0.1) is 5.10 Å². The van der Waals surface area contributed by atoms with Crippen LogP contribution >= 0.6 is 11.8 Å². The molecule has 0 bridgehead atoms.